The predicted molar refractivity (Wildman–Crippen MR) is 98.1 cm³/mol. The summed E-state index contributed by atoms with van der Waals surface area (Å²) in [4.78, 5) is 11.8. The third kappa shape index (κ3) is 3.55. The maximum atomic E-state index is 11.8. The summed E-state index contributed by atoms with van der Waals surface area (Å²) in [6.45, 7) is 0. The zero-order chi connectivity index (χ0) is 18.7. The molecular formula is C19H18ClNO5. The van der Waals surface area contributed by atoms with E-state index in [0.717, 1.165) is 5.56 Å². The minimum Gasteiger partial charge on any atom is -0.497 e. The molecular weight excluding hydrogens is 358 g/mol. The number of ether oxygens (including phenoxy) is 4. The lowest BCUT2D eigenvalue weighted by Crippen LogP contribution is -2.23. The Morgan fingerprint density at radius 2 is 1.96 bits per heavy atom. The fourth-order valence-electron chi connectivity index (χ4n) is 2.68. The minimum atomic E-state index is -0.594. The first kappa shape index (κ1) is 17.9. The number of carbonyl (C=O) groups excluding carboxylic acids is 1. The predicted octanol–water partition coefficient (Wildman–Crippen LogP) is 3.96. The van der Waals surface area contributed by atoms with E-state index < -0.39 is 12.1 Å². The number of benzene rings is 2. The standard InChI is InChI=1S/C19H18ClNO5/c1-23-12-5-6-13(17(9-12)24-2)19-15(10-18(22)25-3)21-14-8-11(20)4-7-16(14)26-19/h4-10,19,21H,1-3H3/b15-10-. The van der Waals surface area contributed by atoms with E-state index in [1.165, 1.54) is 13.2 Å². The Hall–Kier alpha value is -2.86. The summed E-state index contributed by atoms with van der Waals surface area (Å²) in [5.74, 6) is 1.34. The maximum Gasteiger partial charge on any atom is 0.332 e. The zero-order valence-corrected chi connectivity index (χ0v) is 15.3. The third-order valence-electron chi connectivity index (χ3n) is 3.95. The lowest BCUT2D eigenvalue weighted by Gasteiger charge is -2.31. The first-order valence-electron chi connectivity index (χ1n) is 7.80. The molecule has 1 aliphatic heterocycles. The third-order valence-corrected chi connectivity index (χ3v) is 4.18. The lowest BCUT2D eigenvalue weighted by molar-refractivity contribution is -0.134. The van der Waals surface area contributed by atoms with Crippen molar-refractivity contribution in [3.05, 3.63) is 58.8 Å². The van der Waals surface area contributed by atoms with Gasteiger partial charge in [-0.05, 0) is 30.3 Å². The Kier molecular flexibility index (Phi) is 5.23. The highest BCUT2D eigenvalue weighted by Gasteiger charge is 2.29. The van der Waals surface area contributed by atoms with Crippen LogP contribution >= 0.6 is 11.6 Å². The van der Waals surface area contributed by atoms with Crippen molar-refractivity contribution in [3.8, 4) is 17.2 Å². The normalized spacial score (nSPS) is 16.9. The van der Waals surface area contributed by atoms with Gasteiger partial charge >= 0.3 is 5.97 Å². The summed E-state index contributed by atoms with van der Waals surface area (Å²) in [6, 6.07) is 10.6. The van der Waals surface area contributed by atoms with Crippen molar-refractivity contribution in [1.29, 1.82) is 0 Å². The van der Waals surface area contributed by atoms with E-state index in [2.05, 4.69) is 5.32 Å². The van der Waals surface area contributed by atoms with Gasteiger partial charge in [-0.25, -0.2) is 4.79 Å². The summed E-state index contributed by atoms with van der Waals surface area (Å²) in [7, 11) is 4.46. The number of methoxy groups -OCH3 is 3. The highest BCUT2D eigenvalue weighted by molar-refractivity contribution is 6.31. The molecule has 7 heteroatoms. The Balaban J connectivity index is 2.09. The van der Waals surface area contributed by atoms with E-state index >= 15 is 0 Å². The molecule has 1 heterocycles. The van der Waals surface area contributed by atoms with Gasteiger partial charge in [0.05, 0.1) is 32.7 Å². The molecule has 0 radical (unpaired) electrons. The minimum absolute atomic E-state index is 0.501. The summed E-state index contributed by atoms with van der Waals surface area (Å²) in [5, 5.41) is 3.75. The molecule has 1 N–H and O–H groups in total. The molecule has 2 aromatic carbocycles. The zero-order valence-electron chi connectivity index (χ0n) is 14.5. The smallest absolute Gasteiger partial charge is 0.332 e. The van der Waals surface area contributed by atoms with E-state index in [9.17, 15) is 4.79 Å². The van der Waals surface area contributed by atoms with Crippen molar-refractivity contribution in [2.45, 2.75) is 6.10 Å². The van der Waals surface area contributed by atoms with Crippen molar-refractivity contribution >= 4 is 23.3 Å². The molecule has 0 aliphatic carbocycles. The van der Waals surface area contributed by atoms with Crippen LogP contribution in [0.3, 0.4) is 0 Å². The molecule has 6 nitrogen and oxygen atoms in total. The van der Waals surface area contributed by atoms with Crippen LogP contribution in [0.4, 0.5) is 5.69 Å². The molecule has 1 unspecified atom stereocenters. The molecule has 0 saturated carbocycles. The van der Waals surface area contributed by atoms with Gasteiger partial charge in [-0.1, -0.05) is 11.6 Å². The second-order valence-corrected chi connectivity index (χ2v) is 5.93. The van der Waals surface area contributed by atoms with Crippen molar-refractivity contribution in [1.82, 2.24) is 0 Å². The van der Waals surface area contributed by atoms with Gasteiger partial charge in [-0.15, -0.1) is 0 Å². The van der Waals surface area contributed by atoms with Crippen LogP contribution in [0.15, 0.2) is 48.2 Å². The second kappa shape index (κ2) is 7.58. The molecule has 1 aliphatic rings. The molecule has 0 amide bonds. The van der Waals surface area contributed by atoms with Gasteiger partial charge in [-0.2, -0.15) is 0 Å². The van der Waals surface area contributed by atoms with Gasteiger partial charge in [0, 0.05) is 22.7 Å². The van der Waals surface area contributed by atoms with Crippen LogP contribution in [0.1, 0.15) is 11.7 Å². The molecule has 26 heavy (non-hydrogen) atoms. The molecule has 0 fully saturated rings. The maximum absolute atomic E-state index is 11.8. The Bertz CT molecular complexity index is 865. The van der Waals surface area contributed by atoms with E-state index in [1.807, 2.05) is 6.07 Å². The van der Waals surface area contributed by atoms with Crippen molar-refractivity contribution in [2.75, 3.05) is 26.6 Å². The number of esters is 1. The number of nitrogens with one attached hydrogen (secondary N) is 1. The van der Waals surface area contributed by atoms with E-state index in [-0.39, 0.29) is 0 Å². The molecule has 1 atom stereocenters. The summed E-state index contributed by atoms with van der Waals surface area (Å²) in [5.41, 5.74) is 1.91. The number of fused-ring (bicyclic) bond motifs is 1. The molecule has 0 bridgehead atoms. The molecule has 0 spiro atoms. The second-order valence-electron chi connectivity index (χ2n) is 5.49. The van der Waals surface area contributed by atoms with Crippen LogP contribution in [0, 0.1) is 0 Å². The molecule has 2 aromatic rings. The first-order chi connectivity index (χ1) is 12.5. The fraction of sp³-hybridized carbons (Fsp3) is 0.211. The van der Waals surface area contributed by atoms with Crippen LogP contribution in [0.25, 0.3) is 0 Å². The van der Waals surface area contributed by atoms with E-state index in [4.69, 9.17) is 30.5 Å². The number of hydrogen-bond donors (Lipinski definition) is 1. The molecule has 0 aromatic heterocycles. The van der Waals surface area contributed by atoms with Gasteiger partial charge in [0.15, 0.2) is 6.10 Å². The van der Waals surface area contributed by atoms with Gasteiger partial charge in [0.25, 0.3) is 0 Å². The molecule has 3 rings (SSSR count). The Morgan fingerprint density at radius 3 is 2.65 bits per heavy atom. The van der Waals surface area contributed by atoms with Crippen LogP contribution in [0.5, 0.6) is 17.2 Å². The number of carbonyl (C=O) groups is 1. The molecule has 0 saturated heterocycles. The Labute approximate surface area is 156 Å². The SMILES string of the molecule is COC(=O)/C=C1\Nc2cc(Cl)ccc2OC1c1ccc(OC)cc1OC. The topological polar surface area (TPSA) is 66.0 Å². The largest absolute Gasteiger partial charge is 0.497 e. The first-order valence-corrected chi connectivity index (χ1v) is 8.18. The van der Waals surface area contributed by atoms with Gasteiger partial charge in [0.1, 0.15) is 17.2 Å². The number of rotatable bonds is 4. The average molecular weight is 376 g/mol. The van der Waals surface area contributed by atoms with Crippen molar-refractivity contribution in [2.24, 2.45) is 0 Å². The van der Waals surface area contributed by atoms with Gasteiger partial charge in [-0.3, -0.25) is 0 Å². The van der Waals surface area contributed by atoms with Crippen LogP contribution in [0.2, 0.25) is 5.02 Å². The van der Waals surface area contributed by atoms with Crippen molar-refractivity contribution in [3.63, 3.8) is 0 Å². The quantitative estimate of drug-likeness (QED) is 0.644. The lowest BCUT2D eigenvalue weighted by atomic mass is 10.0. The number of halogens is 1. The van der Waals surface area contributed by atoms with Gasteiger partial charge in [0.2, 0.25) is 0 Å². The fourth-order valence-corrected chi connectivity index (χ4v) is 2.85. The van der Waals surface area contributed by atoms with Crippen LogP contribution < -0.4 is 19.5 Å². The van der Waals surface area contributed by atoms with Crippen LogP contribution in [-0.4, -0.2) is 27.3 Å². The van der Waals surface area contributed by atoms with E-state index in [1.54, 1.807) is 44.6 Å². The van der Waals surface area contributed by atoms with Crippen molar-refractivity contribution < 1.29 is 23.7 Å². The number of hydrogen-bond acceptors (Lipinski definition) is 6. The van der Waals surface area contributed by atoms with E-state index in [0.29, 0.717) is 33.7 Å². The number of anilines is 1. The highest BCUT2D eigenvalue weighted by Crippen LogP contribution is 2.43. The van der Waals surface area contributed by atoms with Crippen LogP contribution in [-0.2, 0) is 9.53 Å². The Morgan fingerprint density at radius 1 is 1.15 bits per heavy atom. The summed E-state index contributed by atoms with van der Waals surface area (Å²) >= 11 is 6.05. The monoisotopic (exact) mass is 375 g/mol. The average Bonchev–Trinajstić information content (AvgIpc) is 2.66. The van der Waals surface area contributed by atoms with Gasteiger partial charge < -0.3 is 24.3 Å². The molecule has 136 valence electrons. The summed E-state index contributed by atoms with van der Waals surface area (Å²) in [6.07, 6.45) is 0.752. The highest BCUT2D eigenvalue weighted by atomic mass is 35.5. The summed E-state index contributed by atoms with van der Waals surface area (Å²) < 4.78 is 21.6.